The van der Waals surface area contributed by atoms with Gasteiger partial charge in [-0.05, 0) is 46.6 Å². The summed E-state index contributed by atoms with van der Waals surface area (Å²) in [6.07, 6.45) is 1.52. The second-order valence-electron chi connectivity index (χ2n) is 4.03. The fraction of sp³-hybridized carbons (Fsp3) is 0.0769. The number of aromatic nitrogens is 1. The number of aryl methyl sites for hydroxylation is 1. The van der Waals surface area contributed by atoms with Crippen LogP contribution in [-0.4, -0.2) is 13.4 Å². The Labute approximate surface area is 125 Å². The largest absolute Gasteiger partial charge is 0.264 e. The molecular weight excluding hydrogens is 342 g/mol. The highest BCUT2D eigenvalue weighted by Crippen LogP contribution is 2.21. The number of anilines is 1. The minimum absolute atomic E-state index is 0.0649. The van der Waals surface area contributed by atoms with E-state index in [4.69, 9.17) is 5.26 Å². The van der Waals surface area contributed by atoms with Crippen LogP contribution in [0.2, 0.25) is 0 Å². The van der Waals surface area contributed by atoms with E-state index in [-0.39, 0.29) is 16.3 Å². The Morgan fingerprint density at radius 2 is 2.05 bits per heavy atom. The molecule has 1 aromatic carbocycles. The fourth-order valence-corrected chi connectivity index (χ4v) is 2.96. The minimum Gasteiger partial charge on any atom is -0.263 e. The molecule has 0 fully saturated rings. The molecule has 102 valence electrons. The number of nitrogens with one attached hydrogen (secondary N) is 1. The predicted molar refractivity (Wildman–Crippen MR) is 78.6 cm³/mol. The van der Waals surface area contributed by atoms with E-state index >= 15 is 0 Å². The lowest BCUT2D eigenvalue weighted by Crippen LogP contribution is -2.15. The third-order valence-corrected chi connectivity index (χ3v) is 4.83. The normalized spacial score (nSPS) is 10.8. The molecule has 0 atom stereocenters. The second-order valence-corrected chi connectivity index (χ2v) is 6.54. The van der Waals surface area contributed by atoms with Gasteiger partial charge in [-0.3, -0.25) is 4.72 Å². The van der Waals surface area contributed by atoms with Gasteiger partial charge >= 0.3 is 0 Å². The summed E-state index contributed by atoms with van der Waals surface area (Å²) in [6, 6.07) is 9.48. The first-order valence-electron chi connectivity index (χ1n) is 5.58. The average molecular weight is 352 g/mol. The molecule has 0 saturated carbocycles. The van der Waals surface area contributed by atoms with Crippen LogP contribution >= 0.6 is 15.9 Å². The lowest BCUT2D eigenvalue weighted by Gasteiger charge is -2.09. The number of rotatable bonds is 3. The van der Waals surface area contributed by atoms with Gasteiger partial charge in [-0.25, -0.2) is 13.4 Å². The molecule has 0 amide bonds. The zero-order chi connectivity index (χ0) is 14.8. The van der Waals surface area contributed by atoms with Crippen molar-refractivity contribution in [2.45, 2.75) is 11.8 Å². The highest BCUT2D eigenvalue weighted by Gasteiger charge is 2.18. The molecule has 0 aliphatic heterocycles. The molecule has 0 spiro atoms. The molecule has 2 rings (SSSR count). The van der Waals surface area contributed by atoms with Crippen LogP contribution in [0.3, 0.4) is 0 Å². The maximum absolute atomic E-state index is 12.3. The molecule has 7 heteroatoms. The Morgan fingerprint density at radius 3 is 2.70 bits per heavy atom. The van der Waals surface area contributed by atoms with E-state index in [1.165, 1.54) is 18.3 Å². The van der Waals surface area contributed by atoms with Gasteiger partial charge in [0.2, 0.25) is 0 Å². The lowest BCUT2D eigenvalue weighted by molar-refractivity contribution is 0.601. The maximum Gasteiger partial charge on any atom is 0.264 e. The van der Waals surface area contributed by atoms with Gasteiger partial charge in [-0.2, -0.15) is 5.26 Å². The van der Waals surface area contributed by atoms with E-state index in [9.17, 15) is 8.42 Å². The summed E-state index contributed by atoms with van der Waals surface area (Å²) in [6.45, 7) is 1.83. The minimum atomic E-state index is -3.84. The first-order valence-corrected chi connectivity index (χ1v) is 7.86. The van der Waals surface area contributed by atoms with Crippen molar-refractivity contribution in [2.75, 3.05) is 4.72 Å². The zero-order valence-corrected chi connectivity index (χ0v) is 12.9. The molecular formula is C13H10BrN3O2S. The number of nitriles is 1. The van der Waals surface area contributed by atoms with E-state index in [1.54, 1.807) is 18.2 Å². The molecule has 1 heterocycles. The number of halogens is 1. The molecule has 0 aliphatic rings. The van der Waals surface area contributed by atoms with E-state index < -0.39 is 10.0 Å². The van der Waals surface area contributed by atoms with E-state index in [2.05, 4.69) is 25.6 Å². The monoisotopic (exact) mass is 351 g/mol. The van der Waals surface area contributed by atoms with E-state index in [0.717, 1.165) is 10.0 Å². The van der Waals surface area contributed by atoms with Gasteiger partial charge < -0.3 is 0 Å². The SMILES string of the molecule is Cc1cc(NS(=O)(=O)c2ccccc2C#N)ncc1Br. The summed E-state index contributed by atoms with van der Waals surface area (Å²) >= 11 is 3.29. The van der Waals surface area contributed by atoms with Crippen molar-refractivity contribution >= 4 is 31.8 Å². The van der Waals surface area contributed by atoms with Crippen LogP contribution in [0.1, 0.15) is 11.1 Å². The first kappa shape index (κ1) is 14.5. The summed E-state index contributed by atoms with van der Waals surface area (Å²) in [5, 5.41) is 8.96. The summed E-state index contributed by atoms with van der Waals surface area (Å²) in [5.74, 6) is 0.207. The summed E-state index contributed by atoms with van der Waals surface area (Å²) in [7, 11) is -3.84. The van der Waals surface area contributed by atoms with Crippen molar-refractivity contribution in [3.63, 3.8) is 0 Å². The van der Waals surface area contributed by atoms with Crippen LogP contribution in [0.15, 0.2) is 45.9 Å². The standard InChI is InChI=1S/C13H10BrN3O2S/c1-9-6-13(16-8-11(9)14)17-20(18,19)12-5-3-2-4-10(12)7-15/h2-6,8H,1H3,(H,16,17). The van der Waals surface area contributed by atoms with Crippen molar-refractivity contribution < 1.29 is 8.42 Å². The van der Waals surface area contributed by atoms with Gasteiger partial charge in [0.25, 0.3) is 10.0 Å². The van der Waals surface area contributed by atoms with Crippen LogP contribution in [0.4, 0.5) is 5.82 Å². The van der Waals surface area contributed by atoms with Crippen LogP contribution < -0.4 is 4.72 Å². The van der Waals surface area contributed by atoms with Crippen LogP contribution in [-0.2, 0) is 10.0 Å². The molecule has 5 nitrogen and oxygen atoms in total. The number of hydrogen-bond acceptors (Lipinski definition) is 4. The Balaban J connectivity index is 2.41. The number of pyridine rings is 1. The first-order chi connectivity index (χ1) is 9.44. The summed E-state index contributed by atoms with van der Waals surface area (Å²) in [5.41, 5.74) is 0.945. The maximum atomic E-state index is 12.3. The Hall–Kier alpha value is -1.91. The number of hydrogen-bond donors (Lipinski definition) is 1. The molecule has 20 heavy (non-hydrogen) atoms. The van der Waals surface area contributed by atoms with Gasteiger partial charge in [0.15, 0.2) is 0 Å². The molecule has 0 aliphatic carbocycles. The predicted octanol–water partition coefficient (Wildman–Crippen LogP) is 2.83. The Bertz CT molecular complexity index is 798. The third-order valence-electron chi connectivity index (χ3n) is 2.58. The summed E-state index contributed by atoms with van der Waals surface area (Å²) in [4.78, 5) is 3.92. The van der Waals surface area contributed by atoms with E-state index in [0.29, 0.717) is 0 Å². The Morgan fingerprint density at radius 1 is 1.35 bits per heavy atom. The number of sulfonamides is 1. The molecule has 1 aromatic heterocycles. The van der Waals surface area contributed by atoms with Crippen molar-refractivity contribution in [3.05, 3.63) is 52.1 Å². The van der Waals surface area contributed by atoms with Gasteiger partial charge in [0.05, 0.1) is 5.56 Å². The van der Waals surface area contributed by atoms with E-state index in [1.807, 2.05) is 13.0 Å². The Kier molecular flexibility index (Phi) is 4.06. The topological polar surface area (TPSA) is 82.9 Å². The lowest BCUT2D eigenvalue weighted by atomic mass is 10.2. The third kappa shape index (κ3) is 2.98. The average Bonchev–Trinajstić information content (AvgIpc) is 2.42. The number of nitrogens with zero attached hydrogens (tertiary/aromatic N) is 2. The highest BCUT2D eigenvalue weighted by atomic mass is 79.9. The van der Waals surface area contributed by atoms with Crippen molar-refractivity contribution in [1.29, 1.82) is 5.26 Å². The van der Waals surface area contributed by atoms with Crippen molar-refractivity contribution in [3.8, 4) is 6.07 Å². The second kappa shape index (κ2) is 5.61. The summed E-state index contributed by atoms with van der Waals surface area (Å²) < 4.78 is 27.7. The van der Waals surface area contributed by atoms with Gasteiger partial charge in [0.1, 0.15) is 16.8 Å². The zero-order valence-electron chi connectivity index (χ0n) is 10.5. The van der Waals surface area contributed by atoms with Gasteiger partial charge in [-0.15, -0.1) is 0 Å². The smallest absolute Gasteiger partial charge is 0.263 e. The van der Waals surface area contributed by atoms with Crippen LogP contribution in [0, 0.1) is 18.3 Å². The molecule has 0 unspecified atom stereocenters. The quantitative estimate of drug-likeness (QED) is 0.921. The van der Waals surface area contributed by atoms with Gasteiger partial charge in [-0.1, -0.05) is 12.1 Å². The molecule has 0 saturated heterocycles. The molecule has 1 N–H and O–H groups in total. The fourth-order valence-electron chi connectivity index (χ4n) is 1.58. The molecule has 2 aromatic rings. The van der Waals surface area contributed by atoms with Crippen molar-refractivity contribution in [1.82, 2.24) is 4.98 Å². The number of benzene rings is 1. The van der Waals surface area contributed by atoms with Crippen LogP contribution in [0.25, 0.3) is 0 Å². The van der Waals surface area contributed by atoms with Gasteiger partial charge in [0, 0.05) is 10.7 Å². The van der Waals surface area contributed by atoms with Crippen LogP contribution in [0.5, 0.6) is 0 Å². The molecule has 0 radical (unpaired) electrons. The molecule has 0 bridgehead atoms. The highest BCUT2D eigenvalue weighted by molar-refractivity contribution is 9.10. The van der Waals surface area contributed by atoms with Crippen molar-refractivity contribution in [2.24, 2.45) is 0 Å².